The molecule has 19 heavy (non-hydrogen) atoms. The minimum Gasteiger partial charge on any atom is -0.358 e. The molecule has 0 radical (unpaired) electrons. The summed E-state index contributed by atoms with van der Waals surface area (Å²) in [5.41, 5.74) is 2.98. The lowest BCUT2D eigenvalue weighted by Gasteiger charge is -2.18. The maximum absolute atomic E-state index is 10.7. The van der Waals surface area contributed by atoms with Gasteiger partial charge in [0.25, 0.3) is 0 Å². The van der Waals surface area contributed by atoms with Crippen molar-refractivity contribution in [3.63, 3.8) is 0 Å². The first-order valence-electron chi connectivity index (χ1n) is 5.93. The van der Waals surface area contributed by atoms with E-state index < -0.39 is 4.92 Å². The molecule has 0 aliphatic carbocycles. The van der Waals surface area contributed by atoms with Crippen LogP contribution in [-0.2, 0) is 5.41 Å². The predicted octanol–water partition coefficient (Wildman–Crippen LogP) is 4.65. The molecule has 5 heteroatoms. The Hall–Kier alpha value is -1.62. The van der Waals surface area contributed by atoms with Crippen LogP contribution in [-0.4, -0.2) is 9.91 Å². The summed E-state index contributed by atoms with van der Waals surface area (Å²) >= 11 is 3.34. The number of hydrogen-bond donors (Lipinski definition) is 1. The van der Waals surface area contributed by atoms with Gasteiger partial charge in [-0.3, -0.25) is 0 Å². The SMILES string of the molecule is CC(C)(C)c1ccc(-c2[nH]c([N+](=O)[O-])cc2Br)cc1. The molecule has 0 spiro atoms. The Bertz CT molecular complexity index is 609. The summed E-state index contributed by atoms with van der Waals surface area (Å²) in [6.45, 7) is 6.45. The van der Waals surface area contributed by atoms with Gasteiger partial charge >= 0.3 is 5.82 Å². The second-order valence-electron chi connectivity index (χ2n) is 5.46. The maximum atomic E-state index is 10.7. The molecular weight excluding hydrogens is 308 g/mol. The highest BCUT2D eigenvalue weighted by atomic mass is 79.9. The first kappa shape index (κ1) is 13.8. The first-order valence-corrected chi connectivity index (χ1v) is 6.72. The van der Waals surface area contributed by atoms with Crippen molar-refractivity contribution in [2.75, 3.05) is 0 Å². The molecule has 0 fully saturated rings. The van der Waals surface area contributed by atoms with E-state index in [9.17, 15) is 10.1 Å². The number of H-pyrrole nitrogens is 1. The average molecular weight is 323 g/mol. The maximum Gasteiger partial charge on any atom is 0.322 e. The van der Waals surface area contributed by atoms with Gasteiger partial charge in [-0.1, -0.05) is 45.0 Å². The number of aromatic amines is 1. The molecule has 1 aromatic heterocycles. The lowest BCUT2D eigenvalue weighted by Crippen LogP contribution is -2.10. The van der Waals surface area contributed by atoms with Crippen molar-refractivity contribution >= 4 is 21.7 Å². The molecule has 0 unspecified atom stereocenters. The molecule has 0 saturated heterocycles. The summed E-state index contributed by atoms with van der Waals surface area (Å²) in [6.07, 6.45) is 0. The van der Waals surface area contributed by atoms with Gasteiger partial charge in [0.2, 0.25) is 0 Å². The Morgan fingerprint density at radius 3 is 2.21 bits per heavy atom. The van der Waals surface area contributed by atoms with Gasteiger partial charge in [-0.05, 0) is 31.8 Å². The molecule has 4 nitrogen and oxygen atoms in total. The highest BCUT2D eigenvalue weighted by Crippen LogP contribution is 2.32. The fourth-order valence-electron chi connectivity index (χ4n) is 1.86. The number of nitrogens with one attached hydrogen (secondary N) is 1. The Balaban J connectivity index is 2.40. The molecular formula is C14H15BrN2O2. The zero-order chi connectivity index (χ0) is 14.2. The second-order valence-corrected chi connectivity index (χ2v) is 6.32. The number of aromatic nitrogens is 1. The smallest absolute Gasteiger partial charge is 0.322 e. The number of halogens is 1. The van der Waals surface area contributed by atoms with E-state index in [1.807, 2.05) is 12.1 Å². The Morgan fingerprint density at radius 1 is 1.21 bits per heavy atom. The third-order valence-electron chi connectivity index (χ3n) is 2.99. The van der Waals surface area contributed by atoms with Crippen LogP contribution in [0, 0.1) is 10.1 Å². The third kappa shape index (κ3) is 2.87. The van der Waals surface area contributed by atoms with Crippen molar-refractivity contribution in [3.8, 4) is 11.3 Å². The van der Waals surface area contributed by atoms with Crippen LogP contribution in [0.2, 0.25) is 0 Å². The quantitative estimate of drug-likeness (QED) is 0.646. The van der Waals surface area contributed by atoms with Gasteiger partial charge in [-0.15, -0.1) is 0 Å². The molecule has 1 N–H and O–H groups in total. The summed E-state index contributed by atoms with van der Waals surface area (Å²) in [5.74, 6) is -0.0122. The van der Waals surface area contributed by atoms with E-state index in [4.69, 9.17) is 0 Å². The molecule has 100 valence electrons. The molecule has 1 aromatic carbocycles. The summed E-state index contributed by atoms with van der Waals surface area (Å²) in [7, 11) is 0. The third-order valence-corrected chi connectivity index (χ3v) is 3.62. The highest BCUT2D eigenvalue weighted by Gasteiger charge is 2.17. The van der Waals surface area contributed by atoms with E-state index >= 15 is 0 Å². The van der Waals surface area contributed by atoms with E-state index in [1.165, 1.54) is 11.6 Å². The second kappa shape index (κ2) is 4.81. The Labute approximate surface area is 120 Å². The average Bonchev–Trinajstić information content (AvgIpc) is 2.70. The van der Waals surface area contributed by atoms with Gasteiger partial charge in [-0.25, -0.2) is 4.98 Å². The fourth-order valence-corrected chi connectivity index (χ4v) is 2.41. The normalized spacial score (nSPS) is 11.6. The molecule has 0 aliphatic heterocycles. The molecule has 0 atom stereocenters. The fraction of sp³-hybridized carbons (Fsp3) is 0.286. The van der Waals surface area contributed by atoms with Crippen LogP contribution in [0.5, 0.6) is 0 Å². The van der Waals surface area contributed by atoms with Gasteiger partial charge in [-0.2, -0.15) is 0 Å². The number of benzene rings is 1. The lowest BCUT2D eigenvalue weighted by atomic mass is 9.86. The van der Waals surface area contributed by atoms with Gasteiger partial charge in [0.15, 0.2) is 0 Å². The molecule has 0 bridgehead atoms. The Morgan fingerprint density at radius 2 is 1.79 bits per heavy atom. The first-order chi connectivity index (χ1) is 8.79. The molecule has 2 rings (SSSR count). The number of hydrogen-bond acceptors (Lipinski definition) is 2. The van der Waals surface area contributed by atoms with E-state index in [1.54, 1.807) is 0 Å². The van der Waals surface area contributed by atoms with Crippen molar-refractivity contribution < 1.29 is 4.92 Å². The van der Waals surface area contributed by atoms with Gasteiger partial charge < -0.3 is 10.1 Å². The van der Waals surface area contributed by atoms with Crippen LogP contribution in [0.15, 0.2) is 34.8 Å². The number of nitrogens with zero attached hydrogens (tertiary/aromatic N) is 1. The topological polar surface area (TPSA) is 58.9 Å². The summed E-state index contributed by atoms with van der Waals surface area (Å²) in [5, 5.41) is 10.7. The van der Waals surface area contributed by atoms with E-state index in [-0.39, 0.29) is 11.2 Å². The summed E-state index contributed by atoms with van der Waals surface area (Å²) in [6, 6.07) is 9.53. The Kier molecular flexibility index (Phi) is 3.49. The molecule has 0 saturated carbocycles. The van der Waals surface area contributed by atoms with E-state index in [2.05, 4.69) is 53.8 Å². The summed E-state index contributed by atoms with van der Waals surface area (Å²) < 4.78 is 0.697. The molecule has 1 heterocycles. The van der Waals surface area contributed by atoms with Crippen LogP contribution in [0.4, 0.5) is 5.82 Å². The largest absolute Gasteiger partial charge is 0.358 e. The van der Waals surface area contributed by atoms with Gasteiger partial charge in [0.05, 0.1) is 10.5 Å². The zero-order valence-electron chi connectivity index (χ0n) is 11.0. The number of rotatable bonds is 2. The van der Waals surface area contributed by atoms with Crippen molar-refractivity contribution in [3.05, 3.63) is 50.5 Å². The van der Waals surface area contributed by atoms with Crippen LogP contribution >= 0.6 is 15.9 Å². The van der Waals surface area contributed by atoms with Crippen LogP contribution in [0.25, 0.3) is 11.3 Å². The van der Waals surface area contributed by atoms with Crippen molar-refractivity contribution in [1.82, 2.24) is 4.98 Å². The van der Waals surface area contributed by atoms with Gasteiger partial charge in [0, 0.05) is 5.56 Å². The standard InChI is InChI=1S/C14H15BrN2O2/c1-14(2,3)10-6-4-9(5-7-10)13-11(15)8-12(16-13)17(18)19/h4-8,16H,1-3H3. The monoisotopic (exact) mass is 322 g/mol. The van der Waals surface area contributed by atoms with Crippen LogP contribution in [0.1, 0.15) is 26.3 Å². The number of nitro groups is 1. The van der Waals surface area contributed by atoms with E-state index in [0.29, 0.717) is 4.47 Å². The van der Waals surface area contributed by atoms with Crippen LogP contribution < -0.4 is 0 Å². The molecule has 0 amide bonds. The van der Waals surface area contributed by atoms with Crippen molar-refractivity contribution in [2.24, 2.45) is 0 Å². The van der Waals surface area contributed by atoms with Crippen LogP contribution in [0.3, 0.4) is 0 Å². The minimum absolute atomic E-state index is 0.0122. The van der Waals surface area contributed by atoms with Crippen molar-refractivity contribution in [1.29, 1.82) is 0 Å². The highest BCUT2D eigenvalue weighted by molar-refractivity contribution is 9.10. The molecule has 2 aromatic rings. The van der Waals surface area contributed by atoms with E-state index in [0.717, 1.165) is 11.3 Å². The van der Waals surface area contributed by atoms with Gasteiger partial charge in [0.1, 0.15) is 5.69 Å². The lowest BCUT2D eigenvalue weighted by molar-refractivity contribution is -0.389. The molecule has 0 aliphatic rings. The summed E-state index contributed by atoms with van der Waals surface area (Å²) in [4.78, 5) is 13.1. The predicted molar refractivity (Wildman–Crippen MR) is 79.3 cm³/mol. The zero-order valence-corrected chi connectivity index (χ0v) is 12.6. The minimum atomic E-state index is -0.433. The van der Waals surface area contributed by atoms with Crippen molar-refractivity contribution in [2.45, 2.75) is 26.2 Å².